The number of benzene rings is 3. The van der Waals surface area contributed by atoms with Crippen molar-refractivity contribution in [2.45, 2.75) is 26.7 Å². The van der Waals surface area contributed by atoms with E-state index in [2.05, 4.69) is 47.6 Å². The lowest BCUT2D eigenvalue weighted by Gasteiger charge is -2.18. The molecule has 5 rings (SSSR count). The van der Waals surface area contributed by atoms with Gasteiger partial charge in [0.05, 0.1) is 0 Å². The van der Waals surface area contributed by atoms with Gasteiger partial charge in [0.2, 0.25) is 0 Å². The van der Waals surface area contributed by atoms with Crippen LogP contribution in [0.1, 0.15) is 44.3 Å². The molecule has 2 N–H and O–H groups in total. The predicted molar refractivity (Wildman–Crippen MR) is 129 cm³/mol. The first-order valence-corrected chi connectivity index (χ1v) is 10.9. The van der Waals surface area contributed by atoms with Crippen molar-refractivity contribution in [3.63, 3.8) is 0 Å². The molecular formula is C28H26N2O2. The molecule has 1 unspecified atom stereocenters. The van der Waals surface area contributed by atoms with E-state index >= 15 is 0 Å². The van der Waals surface area contributed by atoms with Crippen LogP contribution in [0.2, 0.25) is 0 Å². The summed E-state index contributed by atoms with van der Waals surface area (Å²) in [6.45, 7) is 6.52. The van der Waals surface area contributed by atoms with Crippen LogP contribution in [0.4, 0.5) is 0 Å². The van der Waals surface area contributed by atoms with Crippen molar-refractivity contribution in [2.24, 2.45) is 0 Å². The lowest BCUT2D eigenvalue weighted by molar-refractivity contribution is 0.0926. The van der Waals surface area contributed by atoms with E-state index in [4.69, 9.17) is 4.42 Å². The molecule has 5 aromatic rings. The van der Waals surface area contributed by atoms with Crippen molar-refractivity contribution < 1.29 is 9.21 Å². The highest BCUT2D eigenvalue weighted by Gasteiger charge is 2.23. The summed E-state index contributed by atoms with van der Waals surface area (Å²) in [5, 5.41) is 5.33. The standard InChI is InChI=1S/C28H26N2O2/c1-17-13-18(2)26-19(3)27(32-25(26)14-17)28(31)30-15-22(20-9-5-4-6-10-20)23-16-29-24-12-8-7-11-21(23)24/h4-14,16,22,29H,15H2,1-3H3,(H,30,31). The Balaban J connectivity index is 1.48. The first-order chi connectivity index (χ1) is 15.5. The van der Waals surface area contributed by atoms with Gasteiger partial charge in [-0.25, -0.2) is 0 Å². The summed E-state index contributed by atoms with van der Waals surface area (Å²) in [6.07, 6.45) is 2.05. The van der Waals surface area contributed by atoms with Gasteiger partial charge >= 0.3 is 0 Å². The molecule has 4 nitrogen and oxygen atoms in total. The number of carbonyl (C=O) groups excluding carboxylic acids is 1. The topological polar surface area (TPSA) is 58.0 Å². The highest BCUT2D eigenvalue weighted by Crippen LogP contribution is 2.32. The number of amides is 1. The van der Waals surface area contributed by atoms with Gasteiger partial charge in [0, 0.05) is 40.5 Å². The molecule has 0 saturated heterocycles. The number of carbonyl (C=O) groups is 1. The van der Waals surface area contributed by atoms with Crippen LogP contribution in [-0.2, 0) is 0 Å². The highest BCUT2D eigenvalue weighted by atomic mass is 16.3. The summed E-state index contributed by atoms with van der Waals surface area (Å²) in [4.78, 5) is 16.6. The van der Waals surface area contributed by atoms with Crippen molar-refractivity contribution in [2.75, 3.05) is 6.54 Å². The van der Waals surface area contributed by atoms with Crippen molar-refractivity contribution in [1.82, 2.24) is 10.3 Å². The van der Waals surface area contributed by atoms with Crippen molar-refractivity contribution >= 4 is 27.8 Å². The third-order valence-corrected chi connectivity index (χ3v) is 6.24. The maximum absolute atomic E-state index is 13.2. The smallest absolute Gasteiger partial charge is 0.287 e. The number of fused-ring (bicyclic) bond motifs is 2. The van der Waals surface area contributed by atoms with Crippen LogP contribution in [0.15, 0.2) is 77.3 Å². The van der Waals surface area contributed by atoms with Gasteiger partial charge in [-0.3, -0.25) is 4.79 Å². The Labute approximate surface area is 187 Å². The van der Waals surface area contributed by atoms with Crippen molar-refractivity contribution in [1.29, 1.82) is 0 Å². The maximum Gasteiger partial charge on any atom is 0.287 e. The predicted octanol–water partition coefficient (Wildman–Crippen LogP) is 6.40. The van der Waals surface area contributed by atoms with E-state index in [0.29, 0.717) is 12.3 Å². The molecule has 1 amide bonds. The molecule has 0 bridgehead atoms. The Hall–Kier alpha value is -3.79. The molecule has 0 saturated carbocycles. The van der Waals surface area contributed by atoms with Crippen LogP contribution in [0.3, 0.4) is 0 Å². The van der Waals surface area contributed by atoms with E-state index in [-0.39, 0.29) is 11.8 Å². The molecule has 0 spiro atoms. The fourth-order valence-corrected chi connectivity index (χ4v) is 4.76. The number of aromatic amines is 1. The lowest BCUT2D eigenvalue weighted by atomic mass is 9.91. The minimum atomic E-state index is -0.184. The van der Waals surface area contributed by atoms with Crippen molar-refractivity contribution in [3.05, 3.63) is 107 Å². The number of hydrogen-bond acceptors (Lipinski definition) is 2. The third-order valence-electron chi connectivity index (χ3n) is 6.24. The van der Waals surface area contributed by atoms with Gasteiger partial charge in [0.15, 0.2) is 5.76 Å². The lowest BCUT2D eigenvalue weighted by Crippen LogP contribution is -2.29. The minimum absolute atomic E-state index is 0.0185. The molecule has 0 aliphatic heterocycles. The Morgan fingerprint density at radius 1 is 1.00 bits per heavy atom. The zero-order chi connectivity index (χ0) is 22.2. The molecule has 0 aliphatic carbocycles. The van der Waals surface area contributed by atoms with E-state index in [1.807, 2.05) is 56.4 Å². The summed E-state index contributed by atoms with van der Waals surface area (Å²) in [5.74, 6) is 0.223. The normalized spacial score (nSPS) is 12.3. The van der Waals surface area contributed by atoms with Crippen molar-refractivity contribution in [3.8, 4) is 0 Å². The largest absolute Gasteiger partial charge is 0.451 e. The number of aryl methyl sites for hydroxylation is 3. The molecule has 4 heteroatoms. The molecule has 1 atom stereocenters. The number of H-pyrrole nitrogens is 1. The zero-order valence-electron chi connectivity index (χ0n) is 18.5. The van der Waals surface area contributed by atoms with Gasteiger partial charge in [-0.2, -0.15) is 0 Å². The number of aromatic nitrogens is 1. The highest BCUT2D eigenvalue weighted by molar-refractivity contribution is 6.00. The first kappa shape index (κ1) is 20.1. The molecule has 160 valence electrons. The zero-order valence-corrected chi connectivity index (χ0v) is 18.5. The van der Waals surface area contributed by atoms with E-state index in [1.165, 1.54) is 10.9 Å². The average Bonchev–Trinajstić information content (AvgIpc) is 3.36. The summed E-state index contributed by atoms with van der Waals surface area (Å²) in [5.41, 5.74) is 7.32. The number of para-hydroxylation sites is 1. The SMILES string of the molecule is Cc1cc(C)c2c(C)c(C(=O)NCC(c3ccccc3)c3c[nH]c4ccccc34)oc2c1. The summed E-state index contributed by atoms with van der Waals surface area (Å²) >= 11 is 0. The van der Waals surface area contributed by atoms with Gasteiger partial charge in [0.1, 0.15) is 5.58 Å². The number of rotatable bonds is 5. The second kappa shape index (κ2) is 8.04. The summed E-state index contributed by atoms with van der Waals surface area (Å²) in [6, 6.07) is 22.7. The van der Waals surface area contributed by atoms with E-state index in [9.17, 15) is 4.79 Å². The number of furan rings is 1. The van der Waals surface area contributed by atoms with Gasteiger partial charge in [0.25, 0.3) is 5.91 Å². The Kier molecular flexibility index (Phi) is 5.06. The molecule has 0 fully saturated rings. The van der Waals surface area contributed by atoms with Crippen LogP contribution in [0.25, 0.3) is 21.9 Å². The molecule has 2 heterocycles. The van der Waals surface area contributed by atoms with Gasteiger partial charge in [-0.1, -0.05) is 54.6 Å². The third kappa shape index (κ3) is 3.48. The van der Waals surface area contributed by atoms with Gasteiger partial charge in [-0.15, -0.1) is 0 Å². The minimum Gasteiger partial charge on any atom is -0.451 e. The summed E-state index contributed by atoms with van der Waals surface area (Å²) in [7, 11) is 0. The fraction of sp³-hybridized carbons (Fsp3) is 0.179. The second-order valence-corrected chi connectivity index (χ2v) is 8.47. The maximum atomic E-state index is 13.2. The Bertz CT molecular complexity index is 1430. The van der Waals surface area contributed by atoms with E-state index < -0.39 is 0 Å². The van der Waals surface area contributed by atoms with Gasteiger partial charge < -0.3 is 14.7 Å². The van der Waals surface area contributed by atoms with Crippen LogP contribution >= 0.6 is 0 Å². The number of hydrogen-bond donors (Lipinski definition) is 2. The van der Waals surface area contributed by atoms with Crippen LogP contribution < -0.4 is 5.32 Å². The fourth-order valence-electron chi connectivity index (χ4n) is 4.76. The molecular weight excluding hydrogens is 396 g/mol. The monoisotopic (exact) mass is 422 g/mol. The molecule has 0 radical (unpaired) electrons. The first-order valence-electron chi connectivity index (χ1n) is 10.9. The second-order valence-electron chi connectivity index (χ2n) is 8.47. The average molecular weight is 423 g/mol. The van der Waals surface area contributed by atoms with Crippen LogP contribution in [0, 0.1) is 20.8 Å². The van der Waals surface area contributed by atoms with E-state index in [1.54, 1.807) is 0 Å². The molecule has 3 aromatic carbocycles. The van der Waals surface area contributed by atoms with Crippen LogP contribution in [0.5, 0.6) is 0 Å². The van der Waals surface area contributed by atoms with Crippen LogP contribution in [-0.4, -0.2) is 17.4 Å². The Morgan fingerprint density at radius 2 is 1.75 bits per heavy atom. The number of nitrogens with one attached hydrogen (secondary N) is 2. The van der Waals surface area contributed by atoms with Gasteiger partial charge in [-0.05, 0) is 55.2 Å². The quantitative estimate of drug-likeness (QED) is 0.344. The molecule has 32 heavy (non-hydrogen) atoms. The molecule has 2 aromatic heterocycles. The Morgan fingerprint density at radius 3 is 2.56 bits per heavy atom. The molecule has 0 aliphatic rings. The van der Waals surface area contributed by atoms with E-state index in [0.717, 1.165) is 38.7 Å². The summed E-state index contributed by atoms with van der Waals surface area (Å²) < 4.78 is 6.00.